The van der Waals surface area contributed by atoms with E-state index < -0.39 is 22.0 Å². The van der Waals surface area contributed by atoms with Crippen molar-refractivity contribution in [3.05, 3.63) is 54.1 Å². The fraction of sp³-hybridized carbons (Fsp3) is 0.462. The Morgan fingerprint density at radius 3 is 2.36 bits per heavy atom. The quantitative estimate of drug-likeness (QED) is 0.242. The summed E-state index contributed by atoms with van der Waals surface area (Å²) in [5, 5.41) is 12.7. The highest BCUT2D eigenvalue weighted by molar-refractivity contribution is 7.89. The highest BCUT2D eigenvalue weighted by atomic mass is 32.2. The van der Waals surface area contributed by atoms with E-state index in [-0.39, 0.29) is 29.7 Å². The Hall–Kier alpha value is -3.11. The monoisotopic (exact) mass is 519 g/mol. The molecule has 0 fully saturated rings. The number of amides is 1. The minimum atomic E-state index is -4.04. The molecule has 0 aliphatic rings. The maximum atomic E-state index is 13.3. The highest BCUT2D eigenvalue weighted by Crippen LogP contribution is 2.24. The van der Waals surface area contributed by atoms with Crippen molar-refractivity contribution in [3.8, 4) is 5.75 Å². The highest BCUT2D eigenvalue weighted by Gasteiger charge is 2.36. The molecule has 2 rings (SSSR count). The third kappa shape index (κ3) is 8.53. The van der Waals surface area contributed by atoms with Crippen molar-refractivity contribution >= 4 is 27.6 Å². The van der Waals surface area contributed by atoms with Crippen molar-refractivity contribution in [2.45, 2.75) is 56.9 Å². The first-order valence-electron chi connectivity index (χ1n) is 12.0. The number of rotatable bonds is 15. The molecule has 1 atom stereocenters. The number of carbonyl (C=O) groups is 2. The molecule has 0 spiro atoms. The summed E-state index contributed by atoms with van der Waals surface area (Å²) in [5.41, 5.74) is 7.05. The summed E-state index contributed by atoms with van der Waals surface area (Å²) in [4.78, 5) is 24.3. The van der Waals surface area contributed by atoms with Crippen LogP contribution in [0.3, 0.4) is 0 Å². The van der Waals surface area contributed by atoms with E-state index in [1.807, 2.05) is 38.1 Å². The minimum Gasteiger partial charge on any atom is -0.496 e. The molecule has 0 aliphatic heterocycles. The van der Waals surface area contributed by atoms with Crippen molar-refractivity contribution in [1.82, 2.24) is 9.62 Å². The van der Waals surface area contributed by atoms with E-state index in [1.54, 1.807) is 7.11 Å². The number of unbranched alkanes of at least 4 members (excludes halogenated alkanes) is 1. The molecular weight excluding hydrogens is 482 g/mol. The van der Waals surface area contributed by atoms with Crippen LogP contribution in [-0.2, 0) is 26.0 Å². The number of carboxylic acids is 1. The maximum Gasteiger partial charge on any atom is 0.322 e. The Balaban J connectivity index is 1.93. The number of nitrogens with two attached hydrogens (primary N) is 1. The molecule has 0 aromatic heterocycles. The van der Waals surface area contributed by atoms with Gasteiger partial charge in [-0.2, -0.15) is 4.31 Å². The van der Waals surface area contributed by atoms with Crippen molar-refractivity contribution < 1.29 is 27.9 Å². The van der Waals surface area contributed by atoms with Crippen LogP contribution in [0.5, 0.6) is 5.75 Å². The Labute approximate surface area is 213 Å². The zero-order valence-electron chi connectivity index (χ0n) is 21.1. The number of hydrogen-bond donors (Lipinski definition) is 3. The van der Waals surface area contributed by atoms with Crippen LogP contribution >= 0.6 is 0 Å². The van der Waals surface area contributed by atoms with Gasteiger partial charge in [0.25, 0.3) is 0 Å². The molecule has 0 bridgehead atoms. The summed E-state index contributed by atoms with van der Waals surface area (Å²) in [6.07, 6.45) is 1.95. The van der Waals surface area contributed by atoms with Gasteiger partial charge in [0.15, 0.2) is 0 Å². The first-order valence-corrected chi connectivity index (χ1v) is 13.5. The summed E-state index contributed by atoms with van der Waals surface area (Å²) in [6.45, 7) is 4.13. The van der Waals surface area contributed by atoms with E-state index in [0.29, 0.717) is 37.9 Å². The first-order chi connectivity index (χ1) is 17.1. The number of anilines is 1. The summed E-state index contributed by atoms with van der Waals surface area (Å²) in [6, 6.07) is 12.0. The molecule has 10 heteroatoms. The van der Waals surface area contributed by atoms with Crippen LogP contribution < -0.4 is 15.8 Å². The number of sulfonamides is 1. The lowest BCUT2D eigenvalue weighted by atomic mass is 10.1. The minimum absolute atomic E-state index is 0.00547. The average molecular weight is 520 g/mol. The fourth-order valence-electron chi connectivity index (χ4n) is 3.86. The van der Waals surface area contributed by atoms with Crippen LogP contribution in [0.25, 0.3) is 0 Å². The number of benzene rings is 2. The second kappa shape index (κ2) is 13.8. The van der Waals surface area contributed by atoms with Gasteiger partial charge in [0.2, 0.25) is 15.9 Å². The average Bonchev–Trinajstić information content (AvgIpc) is 2.83. The molecule has 4 N–H and O–H groups in total. The van der Waals surface area contributed by atoms with Gasteiger partial charge in [-0.05, 0) is 67.5 Å². The second-order valence-electron chi connectivity index (χ2n) is 9.05. The maximum absolute atomic E-state index is 13.3. The zero-order valence-corrected chi connectivity index (χ0v) is 22.0. The number of ether oxygens (including phenoxy) is 1. The van der Waals surface area contributed by atoms with Crippen molar-refractivity contribution in [2.24, 2.45) is 5.92 Å². The summed E-state index contributed by atoms with van der Waals surface area (Å²) >= 11 is 0. The standard InChI is InChI=1S/C26H37N3O6S/c1-19(2)18-29(36(33,34)22-14-12-21(27)13-15-22)23(26(31)32)9-6-7-17-28-25(30)16-11-20-8-4-5-10-24(20)35-3/h4-5,8,10,12-15,19,23H,6-7,9,11,16-18,27H2,1-3H3,(H,28,30)(H,31,32)/t23-/m0/s1. The van der Waals surface area contributed by atoms with Crippen molar-refractivity contribution in [2.75, 3.05) is 25.9 Å². The van der Waals surface area contributed by atoms with Gasteiger partial charge < -0.3 is 20.9 Å². The van der Waals surface area contributed by atoms with Gasteiger partial charge in [0.05, 0.1) is 12.0 Å². The number of aryl methyl sites for hydroxylation is 1. The number of methoxy groups -OCH3 is 1. The van der Waals surface area contributed by atoms with E-state index in [9.17, 15) is 23.1 Å². The van der Waals surface area contributed by atoms with Crippen LogP contribution in [0.2, 0.25) is 0 Å². The number of nitrogens with one attached hydrogen (secondary N) is 1. The van der Waals surface area contributed by atoms with E-state index in [1.165, 1.54) is 24.3 Å². The molecule has 0 aliphatic carbocycles. The Morgan fingerprint density at radius 1 is 1.08 bits per heavy atom. The zero-order chi connectivity index (χ0) is 26.7. The third-order valence-corrected chi connectivity index (χ3v) is 7.59. The van der Waals surface area contributed by atoms with Gasteiger partial charge in [0, 0.05) is 25.2 Å². The Bertz CT molecular complexity index is 1100. The predicted molar refractivity (Wildman–Crippen MR) is 139 cm³/mol. The molecule has 0 saturated heterocycles. The van der Waals surface area contributed by atoms with Crippen LogP contribution in [0, 0.1) is 5.92 Å². The predicted octanol–water partition coefficient (Wildman–Crippen LogP) is 3.30. The van der Waals surface area contributed by atoms with Crippen LogP contribution in [0.15, 0.2) is 53.4 Å². The molecule has 0 heterocycles. The molecule has 2 aromatic carbocycles. The Kier molecular flexibility index (Phi) is 11.2. The number of nitrogen functional groups attached to an aromatic ring is 1. The van der Waals surface area contributed by atoms with E-state index in [2.05, 4.69) is 5.32 Å². The van der Waals surface area contributed by atoms with Gasteiger partial charge in [-0.15, -0.1) is 0 Å². The molecular formula is C26H37N3O6S. The molecule has 198 valence electrons. The lowest BCUT2D eigenvalue weighted by Crippen LogP contribution is -2.46. The molecule has 9 nitrogen and oxygen atoms in total. The summed E-state index contributed by atoms with van der Waals surface area (Å²) in [7, 11) is -2.45. The number of nitrogens with zero attached hydrogens (tertiary/aromatic N) is 1. The van der Waals surface area contributed by atoms with E-state index in [4.69, 9.17) is 10.5 Å². The number of aliphatic carboxylic acids is 1. The number of para-hydroxylation sites is 1. The topological polar surface area (TPSA) is 139 Å². The molecule has 0 radical (unpaired) electrons. The van der Waals surface area contributed by atoms with Gasteiger partial charge in [-0.25, -0.2) is 8.42 Å². The van der Waals surface area contributed by atoms with Crippen LogP contribution in [0.4, 0.5) is 5.69 Å². The lowest BCUT2D eigenvalue weighted by Gasteiger charge is -2.29. The van der Waals surface area contributed by atoms with Gasteiger partial charge in [-0.3, -0.25) is 9.59 Å². The normalized spacial score (nSPS) is 12.5. The van der Waals surface area contributed by atoms with Crippen LogP contribution in [-0.4, -0.2) is 55.9 Å². The van der Waals surface area contributed by atoms with Gasteiger partial charge in [0.1, 0.15) is 11.8 Å². The van der Waals surface area contributed by atoms with E-state index >= 15 is 0 Å². The first kappa shape index (κ1) is 29.1. The molecule has 2 aromatic rings. The fourth-order valence-corrected chi connectivity index (χ4v) is 5.63. The van der Waals surface area contributed by atoms with Crippen molar-refractivity contribution in [1.29, 1.82) is 0 Å². The summed E-state index contributed by atoms with van der Waals surface area (Å²) < 4.78 is 33.0. The Morgan fingerprint density at radius 2 is 1.75 bits per heavy atom. The lowest BCUT2D eigenvalue weighted by molar-refractivity contribution is -0.142. The number of hydrogen-bond acceptors (Lipinski definition) is 6. The number of carbonyl (C=O) groups excluding carboxylic acids is 1. The van der Waals surface area contributed by atoms with Crippen molar-refractivity contribution in [3.63, 3.8) is 0 Å². The van der Waals surface area contributed by atoms with Crippen LogP contribution in [0.1, 0.15) is 45.1 Å². The third-order valence-electron chi connectivity index (χ3n) is 5.70. The summed E-state index contributed by atoms with van der Waals surface area (Å²) in [5.74, 6) is -0.638. The molecule has 0 unspecified atom stereocenters. The molecule has 36 heavy (non-hydrogen) atoms. The number of carboxylic acid groups (broad SMARTS) is 1. The SMILES string of the molecule is COc1ccccc1CCC(=O)NCCCC[C@@H](C(=O)O)N(CC(C)C)S(=O)(=O)c1ccc(N)cc1. The smallest absolute Gasteiger partial charge is 0.322 e. The molecule has 0 saturated carbocycles. The molecule has 1 amide bonds. The second-order valence-corrected chi connectivity index (χ2v) is 10.9. The van der Waals surface area contributed by atoms with Gasteiger partial charge in [-0.1, -0.05) is 32.0 Å². The van der Waals surface area contributed by atoms with Gasteiger partial charge >= 0.3 is 5.97 Å². The largest absolute Gasteiger partial charge is 0.496 e. The van der Waals surface area contributed by atoms with E-state index in [0.717, 1.165) is 15.6 Å².